The number of carbonyl (C=O) groups is 1. The Kier molecular flexibility index (Phi) is 3.48. The number of hydrogen-bond acceptors (Lipinski definition) is 6. The summed E-state index contributed by atoms with van der Waals surface area (Å²) in [6.45, 7) is 5.71. The number of nitrogen functional groups attached to an aromatic ring is 1. The minimum atomic E-state index is -0.549. The van der Waals surface area contributed by atoms with Gasteiger partial charge in [0.2, 0.25) is 6.79 Å². The molecule has 6 heteroatoms. The number of fused-ring (bicyclic) bond motifs is 1. The quantitative estimate of drug-likeness (QED) is 0.855. The highest BCUT2D eigenvalue weighted by molar-refractivity contribution is 7.18. The van der Waals surface area contributed by atoms with E-state index in [0.717, 1.165) is 16.2 Å². The Morgan fingerprint density at radius 3 is 2.68 bits per heavy atom. The molecule has 1 aliphatic heterocycles. The zero-order valence-corrected chi connectivity index (χ0v) is 13.5. The van der Waals surface area contributed by atoms with Gasteiger partial charge in [-0.2, -0.15) is 0 Å². The van der Waals surface area contributed by atoms with Crippen LogP contribution in [0, 0.1) is 0 Å². The topological polar surface area (TPSA) is 70.8 Å². The molecule has 116 valence electrons. The maximum Gasteiger partial charge on any atom is 0.350 e. The summed E-state index contributed by atoms with van der Waals surface area (Å²) in [6, 6.07) is 7.42. The minimum Gasteiger partial charge on any atom is -0.456 e. The van der Waals surface area contributed by atoms with Gasteiger partial charge in [0.15, 0.2) is 11.5 Å². The van der Waals surface area contributed by atoms with Crippen LogP contribution in [-0.2, 0) is 4.74 Å². The lowest BCUT2D eigenvalue weighted by Crippen LogP contribution is -2.23. The first-order chi connectivity index (χ1) is 10.3. The van der Waals surface area contributed by atoms with E-state index in [-0.39, 0.29) is 6.79 Å². The Morgan fingerprint density at radius 2 is 1.95 bits per heavy atom. The average Bonchev–Trinajstić information content (AvgIpc) is 3.01. The molecule has 0 fully saturated rings. The van der Waals surface area contributed by atoms with Crippen molar-refractivity contribution < 1.29 is 19.0 Å². The molecule has 0 unspecified atom stereocenters. The van der Waals surface area contributed by atoms with Gasteiger partial charge in [0, 0.05) is 4.88 Å². The Hall–Kier alpha value is -2.21. The number of benzene rings is 1. The summed E-state index contributed by atoms with van der Waals surface area (Å²) >= 11 is 1.31. The predicted octanol–water partition coefficient (Wildman–Crippen LogP) is 3.68. The summed E-state index contributed by atoms with van der Waals surface area (Å²) in [5.74, 6) is 1.02. The van der Waals surface area contributed by atoms with Crippen LogP contribution in [0.15, 0.2) is 24.3 Å². The zero-order valence-electron chi connectivity index (χ0n) is 12.6. The SMILES string of the molecule is CC(C)(C)OC(=O)c1sc(-c2ccc3c(c2)OCO3)cc1N. The van der Waals surface area contributed by atoms with Crippen molar-refractivity contribution in [2.45, 2.75) is 26.4 Å². The van der Waals surface area contributed by atoms with Crippen molar-refractivity contribution in [1.29, 1.82) is 0 Å². The lowest BCUT2D eigenvalue weighted by Gasteiger charge is -2.18. The molecule has 2 heterocycles. The smallest absolute Gasteiger partial charge is 0.350 e. The fourth-order valence-electron chi connectivity index (χ4n) is 2.08. The van der Waals surface area contributed by atoms with Gasteiger partial charge in [0.05, 0.1) is 5.69 Å². The summed E-state index contributed by atoms with van der Waals surface area (Å²) in [5, 5.41) is 0. The molecule has 0 amide bonds. The normalized spacial score (nSPS) is 13.2. The summed E-state index contributed by atoms with van der Waals surface area (Å²) in [7, 11) is 0. The van der Waals surface area contributed by atoms with E-state index < -0.39 is 11.6 Å². The van der Waals surface area contributed by atoms with Crippen molar-refractivity contribution >= 4 is 23.0 Å². The van der Waals surface area contributed by atoms with Crippen LogP contribution in [0.2, 0.25) is 0 Å². The van der Waals surface area contributed by atoms with Crippen LogP contribution in [0.3, 0.4) is 0 Å². The third-order valence-electron chi connectivity index (χ3n) is 3.00. The Morgan fingerprint density at radius 1 is 1.23 bits per heavy atom. The van der Waals surface area contributed by atoms with Gasteiger partial charge in [0.1, 0.15) is 10.5 Å². The van der Waals surface area contributed by atoms with Gasteiger partial charge in [-0.3, -0.25) is 0 Å². The van der Waals surface area contributed by atoms with Crippen LogP contribution in [-0.4, -0.2) is 18.4 Å². The second-order valence-corrected chi connectivity index (χ2v) is 7.02. The van der Waals surface area contributed by atoms with Crippen molar-refractivity contribution in [1.82, 2.24) is 0 Å². The van der Waals surface area contributed by atoms with Crippen molar-refractivity contribution in [3.63, 3.8) is 0 Å². The molecule has 2 aromatic rings. The summed E-state index contributed by atoms with van der Waals surface area (Å²) in [5.41, 5.74) is 6.77. The molecule has 3 rings (SSSR count). The Balaban J connectivity index is 1.90. The highest BCUT2D eigenvalue weighted by Crippen LogP contribution is 2.40. The molecular formula is C16H17NO4S. The number of thiophene rings is 1. The van der Waals surface area contributed by atoms with Gasteiger partial charge in [0.25, 0.3) is 0 Å². The van der Waals surface area contributed by atoms with Crippen LogP contribution in [0.1, 0.15) is 30.4 Å². The monoisotopic (exact) mass is 319 g/mol. The van der Waals surface area contributed by atoms with E-state index in [2.05, 4.69) is 0 Å². The molecule has 0 saturated heterocycles. The standard InChI is InChI=1S/C16H17NO4S/c1-16(2,3)21-15(18)14-10(17)7-13(22-14)9-4-5-11-12(6-9)20-8-19-11/h4-7H,8,17H2,1-3H3. The lowest BCUT2D eigenvalue weighted by atomic mass is 10.1. The average molecular weight is 319 g/mol. The van der Waals surface area contributed by atoms with Gasteiger partial charge >= 0.3 is 5.97 Å². The molecule has 2 N–H and O–H groups in total. The molecule has 1 aliphatic rings. The van der Waals surface area contributed by atoms with E-state index in [1.807, 2.05) is 39.0 Å². The first-order valence-corrected chi connectivity index (χ1v) is 7.68. The number of anilines is 1. The lowest BCUT2D eigenvalue weighted by molar-refractivity contribution is 0.00764. The van der Waals surface area contributed by atoms with Gasteiger partial charge in [-0.1, -0.05) is 0 Å². The first kappa shape index (κ1) is 14.7. The highest BCUT2D eigenvalue weighted by Gasteiger charge is 2.23. The van der Waals surface area contributed by atoms with Crippen LogP contribution in [0.4, 0.5) is 5.69 Å². The fourth-order valence-corrected chi connectivity index (χ4v) is 3.03. The molecule has 1 aromatic carbocycles. The van der Waals surface area contributed by atoms with Crippen molar-refractivity contribution in [2.75, 3.05) is 12.5 Å². The molecule has 0 atom stereocenters. The van der Waals surface area contributed by atoms with Gasteiger partial charge in [-0.05, 0) is 50.6 Å². The van der Waals surface area contributed by atoms with Crippen LogP contribution in [0.25, 0.3) is 10.4 Å². The molecule has 0 saturated carbocycles. The number of hydrogen-bond donors (Lipinski definition) is 1. The summed E-state index contributed by atoms with van der Waals surface area (Å²) in [4.78, 5) is 13.5. The third kappa shape index (κ3) is 2.87. The van der Waals surface area contributed by atoms with Gasteiger partial charge in [-0.25, -0.2) is 4.79 Å². The number of carbonyl (C=O) groups excluding carboxylic acids is 1. The molecule has 22 heavy (non-hydrogen) atoms. The minimum absolute atomic E-state index is 0.231. The number of rotatable bonds is 2. The second-order valence-electron chi connectivity index (χ2n) is 5.97. The van der Waals surface area contributed by atoms with Crippen LogP contribution < -0.4 is 15.2 Å². The maximum absolute atomic E-state index is 12.2. The van der Waals surface area contributed by atoms with Gasteiger partial charge in [-0.15, -0.1) is 11.3 Å². The highest BCUT2D eigenvalue weighted by atomic mass is 32.1. The van der Waals surface area contributed by atoms with Gasteiger partial charge < -0.3 is 19.9 Å². The molecule has 0 bridgehead atoms. The zero-order chi connectivity index (χ0) is 15.9. The molecular weight excluding hydrogens is 302 g/mol. The fraction of sp³-hybridized carbons (Fsp3) is 0.312. The van der Waals surface area contributed by atoms with E-state index in [4.69, 9.17) is 19.9 Å². The molecule has 0 radical (unpaired) electrons. The second kappa shape index (κ2) is 5.21. The number of esters is 1. The largest absolute Gasteiger partial charge is 0.456 e. The van der Waals surface area contributed by atoms with Crippen LogP contribution >= 0.6 is 11.3 Å². The Labute approximate surface area is 132 Å². The van der Waals surface area contributed by atoms with Crippen molar-refractivity contribution in [2.24, 2.45) is 0 Å². The van der Waals surface area contributed by atoms with E-state index >= 15 is 0 Å². The van der Waals surface area contributed by atoms with E-state index in [1.165, 1.54) is 11.3 Å². The first-order valence-electron chi connectivity index (χ1n) is 6.86. The Bertz CT molecular complexity index is 730. The molecule has 1 aromatic heterocycles. The van der Waals surface area contributed by atoms with Crippen LogP contribution in [0.5, 0.6) is 11.5 Å². The predicted molar refractivity (Wildman–Crippen MR) is 85.5 cm³/mol. The van der Waals surface area contributed by atoms with Crippen molar-refractivity contribution in [3.05, 3.63) is 29.1 Å². The van der Waals surface area contributed by atoms with Crippen molar-refractivity contribution in [3.8, 4) is 21.9 Å². The van der Waals surface area contributed by atoms with E-state index in [0.29, 0.717) is 16.3 Å². The summed E-state index contributed by atoms with van der Waals surface area (Å²) < 4.78 is 16.0. The summed E-state index contributed by atoms with van der Waals surface area (Å²) in [6.07, 6.45) is 0. The maximum atomic E-state index is 12.2. The molecule has 5 nitrogen and oxygen atoms in total. The van der Waals surface area contributed by atoms with E-state index in [1.54, 1.807) is 6.07 Å². The number of nitrogens with two attached hydrogens (primary N) is 1. The molecule has 0 spiro atoms. The van der Waals surface area contributed by atoms with E-state index in [9.17, 15) is 4.79 Å². The number of ether oxygens (including phenoxy) is 3. The third-order valence-corrected chi connectivity index (χ3v) is 4.18. The molecule has 0 aliphatic carbocycles.